The van der Waals surface area contributed by atoms with Crippen molar-refractivity contribution < 1.29 is 9.90 Å². The van der Waals surface area contributed by atoms with Crippen LogP contribution in [0.15, 0.2) is 9.59 Å². The van der Waals surface area contributed by atoms with Crippen LogP contribution >= 0.6 is 0 Å². The van der Waals surface area contributed by atoms with Gasteiger partial charge in [-0.25, -0.2) is 4.79 Å². The predicted octanol–water partition coefficient (Wildman–Crippen LogP) is -0.00980. The first-order valence-electron chi connectivity index (χ1n) is 7.94. The van der Waals surface area contributed by atoms with Crippen molar-refractivity contribution in [2.45, 2.75) is 26.8 Å². The Hall–Kier alpha value is -2.58. The third-order valence-corrected chi connectivity index (χ3v) is 4.43. The first-order valence-corrected chi connectivity index (χ1v) is 7.94. The summed E-state index contributed by atoms with van der Waals surface area (Å²) in [4.78, 5) is 44.0. The Morgan fingerprint density at radius 2 is 1.92 bits per heavy atom. The van der Waals surface area contributed by atoms with Gasteiger partial charge in [0.2, 0.25) is 5.95 Å². The molecule has 2 aromatic rings. The molecule has 3 rings (SSSR count). The van der Waals surface area contributed by atoms with Gasteiger partial charge in [-0.1, -0.05) is 13.8 Å². The highest BCUT2D eigenvalue weighted by Gasteiger charge is 2.28. The van der Waals surface area contributed by atoms with E-state index in [1.165, 1.54) is 16.2 Å². The SMILES string of the molecule is CC1CC(C)CN(c2nc3c(c(=O)[nH]c(=O)n3C)n2CC(=O)O)C1. The number of anilines is 1. The van der Waals surface area contributed by atoms with Gasteiger partial charge in [-0.2, -0.15) is 4.98 Å². The van der Waals surface area contributed by atoms with E-state index in [9.17, 15) is 19.5 Å². The van der Waals surface area contributed by atoms with Crippen LogP contribution in [0, 0.1) is 11.8 Å². The summed E-state index contributed by atoms with van der Waals surface area (Å²) in [6, 6.07) is 0. The molecule has 1 aliphatic heterocycles. The van der Waals surface area contributed by atoms with E-state index in [1.807, 2.05) is 4.90 Å². The third kappa shape index (κ3) is 2.70. The van der Waals surface area contributed by atoms with Gasteiger partial charge in [-0.05, 0) is 18.3 Å². The van der Waals surface area contributed by atoms with E-state index in [2.05, 4.69) is 23.8 Å². The highest BCUT2D eigenvalue weighted by atomic mass is 16.4. The van der Waals surface area contributed by atoms with Crippen molar-refractivity contribution in [3.05, 3.63) is 20.8 Å². The number of aromatic nitrogens is 4. The van der Waals surface area contributed by atoms with Crippen molar-refractivity contribution in [1.82, 2.24) is 19.1 Å². The molecular weight excluding hydrogens is 314 g/mol. The van der Waals surface area contributed by atoms with Gasteiger partial charge in [-0.15, -0.1) is 0 Å². The molecule has 1 fully saturated rings. The largest absolute Gasteiger partial charge is 0.480 e. The highest BCUT2D eigenvalue weighted by Crippen LogP contribution is 2.27. The molecule has 2 N–H and O–H groups in total. The molecule has 0 aromatic carbocycles. The van der Waals surface area contributed by atoms with Crippen LogP contribution in [0.1, 0.15) is 20.3 Å². The molecule has 24 heavy (non-hydrogen) atoms. The summed E-state index contributed by atoms with van der Waals surface area (Å²) in [6.45, 7) is 5.36. The number of hydrogen-bond acceptors (Lipinski definition) is 5. The Balaban J connectivity index is 2.25. The van der Waals surface area contributed by atoms with Crippen LogP contribution in [0.5, 0.6) is 0 Å². The molecule has 0 aliphatic carbocycles. The summed E-state index contributed by atoms with van der Waals surface area (Å²) >= 11 is 0. The molecule has 1 aliphatic rings. The van der Waals surface area contributed by atoms with Gasteiger partial charge >= 0.3 is 11.7 Å². The predicted molar refractivity (Wildman–Crippen MR) is 88.4 cm³/mol. The Morgan fingerprint density at radius 1 is 1.29 bits per heavy atom. The van der Waals surface area contributed by atoms with Crippen LogP contribution in [0.4, 0.5) is 5.95 Å². The molecule has 2 atom stereocenters. The fraction of sp³-hybridized carbons (Fsp3) is 0.600. The van der Waals surface area contributed by atoms with E-state index in [0.717, 1.165) is 19.5 Å². The van der Waals surface area contributed by atoms with Gasteiger partial charge in [0.15, 0.2) is 11.2 Å². The summed E-state index contributed by atoms with van der Waals surface area (Å²) in [7, 11) is 1.50. The lowest BCUT2D eigenvalue weighted by atomic mass is 9.92. The summed E-state index contributed by atoms with van der Waals surface area (Å²) in [5.41, 5.74) is -0.878. The van der Waals surface area contributed by atoms with Gasteiger partial charge < -0.3 is 10.0 Å². The van der Waals surface area contributed by atoms with E-state index in [1.54, 1.807) is 0 Å². The van der Waals surface area contributed by atoms with E-state index in [4.69, 9.17) is 0 Å². The van der Waals surface area contributed by atoms with Crippen molar-refractivity contribution in [1.29, 1.82) is 0 Å². The van der Waals surface area contributed by atoms with Gasteiger partial charge in [-0.3, -0.25) is 23.7 Å². The lowest BCUT2D eigenvalue weighted by Crippen LogP contribution is -2.40. The van der Waals surface area contributed by atoms with Crippen molar-refractivity contribution in [3.63, 3.8) is 0 Å². The molecule has 0 bridgehead atoms. The zero-order chi connectivity index (χ0) is 17.6. The van der Waals surface area contributed by atoms with Crippen LogP contribution in [0.3, 0.4) is 0 Å². The number of nitrogens with zero attached hydrogens (tertiary/aromatic N) is 4. The van der Waals surface area contributed by atoms with E-state index >= 15 is 0 Å². The quantitative estimate of drug-likeness (QED) is 0.816. The minimum atomic E-state index is -1.07. The summed E-state index contributed by atoms with van der Waals surface area (Å²) in [5.74, 6) is 0.238. The number of carboxylic acid groups (broad SMARTS) is 1. The van der Waals surface area contributed by atoms with Crippen LogP contribution < -0.4 is 16.1 Å². The molecule has 0 amide bonds. The number of piperidine rings is 1. The Morgan fingerprint density at radius 3 is 2.50 bits per heavy atom. The van der Waals surface area contributed by atoms with Gasteiger partial charge in [0.05, 0.1) is 0 Å². The molecule has 1 saturated heterocycles. The first-order chi connectivity index (χ1) is 11.3. The molecule has 2 aromatic heterocycles. The van der Waals surface area contributed by atoms with Crippen LogP contribution in [-0.4, -0.2) is 43.3 Å². The molecule has 2 unspecified atom stereocenters. The minimum absolute atomic E-state index is 0.111. The maximum atomic E-state index is 12.2. The zero-order valence-corrected chi connectivity index (χ0v) is 13.9. The molecule has 0 radical (unpaired) electrons. The van der Waals surface area contributed by atoms with Crippen LogP contribution in [0.25, 0.3) is 11.2 Å². The van der Waals surface area contributed by atoms with Crippen molar-refractivity contribution in [3.8, 4) is 0 Å². The maximum Gasteiger partial charge on any atom is 0.329 e. The number of aryl methyl sites for hydroxylation is 1. The number of fused-ring (bicyclic) bond motifs is 1. The zero-order valence-electron chi connectivity index (χ0n) is 13.9. The standard InChI is InChI=1S/C15H21N5O4/c1-8-4-9(2)6-19(5-8)14-16-12-11(20(14)7-10(21)22)13(23)17-15(24)18(12)3/h8-9H,4-7H2,1-3H3,(H,21,22)(H,17,23,24). The topological polar surface area (TPSA) is 113 Å². The van der Waals surface area contributed by atoms with E-state index < -0.39 is 17.2 Å². The summed E-state index contributed by atoms with van der Waals surface area (Å²) in [6.07, 6.45) is 1.09. The van der Waals surface area contributed by atoms with Crippen molar-refractivity contribution in [2.75, 3.05) is 18.0 Å². The lowest BCUT2D eigenvalue weighted by molar-refractivity contribution is -0.137. The number of carbonyl (C=O) groups is 1. The second-order valence-electron chi connectivity index (χ2n) is 6.73. The van der Waals surface area contributed by atoms with Gasteiger partial charge in [0.25, 0.3) is 5.56 Å². The normalized spacial score (nSPS) is 21.4. The van der Waals surface area contributed by atoms with E-state index in [-0.39, 0.29) is 17.7 Å². The third-order valence-electron chi connectivity index (χ3n) is 4.43. The molecular formula is C15H21N5O4. The number of nitrogens with one attached hydrogen (secondary N) is 1. The average Bonchev–Trinajstić information content (AvgIpc) is 2.83. The number of aliphatic carboxylic acids is 1. The Kier molecular flexibility index (Phi) is 3.94. The molecule has 130 valence electrons. The Labute approximate surface area is 137 Å². The average molecular weight is 335 g/mol. The summed E-state index contributed by atoms with van der Waals surface area (Å²) < 4.78 is 2.62. The van der Waals surface area contributed by atoms with E-state index in [0.29, 0.717) is 17.8 Å². The maximum absolute atomic E-state index is 12.2. The monoisotopic (exact) mass is 335 g/mol. The minimum Gasteiger partial charge on any atom is -0.480 e. The summed E-state index contributed by atoms with van der Waals surface area (Å²) in [5, 5.41) is 9.24. The van der Waals surface area contributed by atoms with Crippen LogP contribution in [-0.2, 0) is 18.4 Å². The Bertz CT molecular complexity index is 899. The number of aromatic amines is 1. The molecule has 9 nitrogen and oxygen atoms in total. The molecule has 0 saturated carbocycles. The second-order valence-corrected chi connectivity index (χ2v) is 6.73. The van der Waals surface area contributed by atoms with Crippen LogP contribution in [0.2, 0.25) is 0 Å². The van der Waals surface area contributed by atoms with Crippen molar-refractivity contribution >= 4 is 23.1 Å². The lowest BCUT2D eigenvalue weighted by Gasteiger charge is -2.35. The number of hydrogen-bond donors (Lipinski definition) is 2. The van der Waals surface area contributed by atoms with Crippen molar-refractivity contribution in [2.24, 2.45) is 18.9 Å². The highest BCUT2D eigenvalue weighted by molar-refractivity contribution is 5.78. The first kappa shape index (κ1) is 16.3. The van der Waals surface area contributed by atoms with Gasteiger partial charge in [0.1, 0.15) is 6.54 Å². The number of H-pyrrole nitrogens is 1. The number of carboxylic acids is 1. The fourth-order valence-electron chi connectivity index (χ4n) is 3.58. The van der Waals surface area contributed by atoms with Gasteiger partial charge in [0, 0.05) is 20.1 Å². The fourth-order valence-corrected chi connectivity index (χ4v) is 3.58. The molecule has 3 heterocycles. The number of rotatable bonds is 3. The molecule has 0 spiro atoms. The molecule has 9 heteroatoms. The smallest absolute Gasteiger partial charge is 0.329 e. The number of imidazole rings is 1. The second kappa shape index (κ2) is 5.81.